The zero-order chi connectivity index (χ0) is 15.1. The first-order chi connectivity index (χ1) is 9.43. The summed E-state index contributed by atoms with van der Waals surface area (Å²) in [4.78, 5) is 22.4. The molecule has 0 aromatic heterocycles. The van der Waals surface area contributed by atoms with Crippen LogP contribution in [0.1, 0.15) is 25.5 Å². The van der Waals surface area contributed by atoms with Crippen LogP contribution in [0.5, 0.6) is 5.75 Å². The van der Waals surface area contributed by atoms with Crippen LogP contribution >= 0.6 is 11.8 Å². The van der Waals surface area contributed by atoms with Crippen molar-refractivity contribution in [2.75, 3.05) is 12.9 Å². The lowest BCUT2D eigenvalue weighted by Gasteiger charge is -2.17. The first kappa shape index (κ1) is 16.4. The van der Waals surface area contributed by atoms with Crippen LogP contribution in [0.4, 0.5) is 0 Å². The molecule has 2 atom stereocenters. The third-order valence-electron chi connectivity index (χ3n) is 2.84. The summed E-state index contributed by atoms with van der Waals surface area (Å²) in [6.45, 7) is 3.65. The molecule has 0 unspecified atom stereocenters. The number of benzene rings is 1. The van der Waals surface area contributed by atoms with Crippen LogP contribution in [0.2, 0.25) is 0 Å². The largest absolute Gasteiger partial charge is 0.484 e. The van der Waals surface area contributed by atoms with E-state index in [-0.39, 0.29) is 23.8 Å². The van der Waals surface area contributed by atoms with Crippen LogP contribution in [0.3, 0.4) is 0 Å². The number of carbonyl (C=O) groups is 2. The second-order valence-corrected chi connectivity index (χ2v) is 5.61. The molecule has 1 aromatic rings. The summed E-state index contributed by atoms with van der Waals surface area (Å²) < 4.78 is 5.17. The molecule has 1 aromatic carbocycles. The Morgan fingerprint density at radius 1 is 1.30 bits per heavy atom. The topological polar surface area (TPSA) is 81.4 Å². The Morgan fingerprint density at radius 2 is 1.90 bits per heavy atom. The molecule has 5 nitrogen and oxygen atoms in total. The van der Waals surface area contributed by atoms with E-state index in [0.29, 0.717) is 5.75 Å². The van der Waals surface area contributed by atoms with Crippen LogP contribution in [0.25, 0.3) is 0 Å². The fraction of sp³-hybridized carbons (Fsp3) is 0.429. The van der Waals surface area contributed by atoms with Gasteiger partial charge in [0.2, 0.25) is 5.91 Å². The molecular weight excluding hydrogens is 276 g/mol. The Bertz CT molecular complexity index is 462. The van der Waals surface area contributed by atoms with Gasteiger partial charge in [0.15, 0.2) is 6.61 Å². The van der Waals surface area contributed by atoms with Crippen LogP contribution in [-0.2, 0) is 9.59 Å². The molecule has 0 spiro atoms. The molecule has 6 heteroatoms. The minimum atomic E-state index is -0.513. The molecule has 0 heterocycles. The van der Waals surface area contributed by atoms with Gasteiger partial charge in [-0.2, -0.15) is 11.8 Å². The summed E-state index contributed by atoms with van der Waals surface area (Å²) in [7, 11) is 0. The molecule has 0 fully saturated rings. The lowest BCUT2D eigenvalue weighted by atomic mass is 10.1. The van der Waals surface area contributed by atoms with Crippen LogP contribution < -0.4 is 15.8 Å². The molecule has 0 bridgehead atoms. The lowest BCUT2D eigenvalue weighted by molar-refractivity contribution is -0.121. The monoisotopic (exact) mass is 296 g/mol. The van der Waals surface area contributed by atoms with E-state index in [2.05, 4.69) is 5.32 Å². The van der Waals surface area contributed by atoms with Gasteiger partial charge in [0.1, 0.15) is 5.75 Å². The number of nitrogens with two attached hydrogens (primary N) is 1. The van der Waals surface area contributed by atoms with Gasteiger partial charge >= 0.3 is 0 Å². The molecule has 0 saturated heterocycles. The summed E-state index contributed by atoms with van der Waals surface area (Å²) in [6.07, 6.45) is 1.90. The van der Waals surface area contributed by atoms with Crippen molar-refractivity contribution in [3.8, 4) is 5.75 Å². The first-order valence-electron chi connectivity index (χ1n) is 6.28. The van der Waals surface area contributed by atoms with Crippen molar-refractivity contribution < 1.29 is 14.3 Å². The summed E-state index contributed by atoms with van der Waals surface area (Å²) >= 11 is 1.51. The van der Waals surface area contributed by atoms with Crippen LogP contribution in [0, 0.1) is 0 Å². The molecule has 0 radical (unpaired) electrons. The van der Waals surface area contributed by atoms with Gasteiger partial charge in [0.25, 0.3) is 5.91 Å². The SMILES string of the molecule is CS[C@@H](C)C(=O)N[C@H](C)c1ccc(OCC(N)=O)cc1. The first-order valence-corrected chi connectivity index (χ1v) is 7.57. The highest BCUT2D eigenvalue weighted by Crippen LogP contribution is 2.18. The fourth-order valence-corrected chi connectivity index (χ4v) is 1.81. The third kappa shape index (κ3) is 5.13. The van der Waals surface area contributed by atoms with E-state index >= 15 is 0 Å². The van der Waals surface area contributed by atoms with E-state index < -0.39 is 5.91 Å². The summed E-state index contributed by atoms with van der Waals surface area (Å²) in [5, 5.41) is 2.87. The molecule has 1 rings (SSSR count). The Labute approximate surface area is 123 Å². The summed E-state index contributed by atoms with van der Waals surface area (Å²) in [5.74, 6) is 0.0726. The molecule has 0 saturated carbocycles. The fourth-order valence-electron chi connectivity index (χ4n) is 1.53. The van der Waals surface area contributed by atoms with Gasteiger partial charge in [-0.05, 0) is 37.8 Å². The predicted molar refractivity (Wildman–Crippen MR) is 80.7 cm³/mol. The number of hydrogen-bond acceptors (Lipinski definition) is 4. The predicted octanol–water partition coefficient (Wildman–Crippen LogP) is 1.48. The lowest BCUT2D eigenvalue weighted by Crippen LogP contribution is -2.32. The molecule has 0 aliphatic rings. The normalized spacial score (nSPS) is 13.3. The average Bonchev–Trinajstić information content (AvgIpc) is 2.44. The third-order valence-corrected chi connectivity index (χ3v) is 3.76. The second-order valence-electron chi connectivity index (χ2n) is 4.43. The van der Waals surface area contributed by atoms with Crippen LogP contribution in [0.15, 0.2) is 24.3 Å². The highest BCUT2D eigenvalue weighted by atomic mass is 32.2. The van der Waals surface area contributed by atoms with E-state index in [4.69, 9.17) is 10.5 Å². The molecule has 2 amide bonds. The number of hydrogen-bond donors (Lipinski definition) is 2. The highest BCUT2D eigenvalue weighted by molar-refractivity contribution is 7.99. The molecule has 3 N–H and O–H groups in total. The van der Waals surface area contributed by atoms with Crippen molar-refractivity contribution in [2.24, 2.45) is 5.73 Å². The molecular formula is C14H20N2O3S. The van der Waals surface area contributed by atoms with E-state index in [0.717, 1.165) is 5.56 Å². The quantitative estimate of drug-likeness (QED) is 0.798. The van der Waals surface area contributed by atoms with Gasteiger partial charge in [-0.15, -0.1) is 0 Å². The van der Waals surface area contributed by atoms with Crippen molar-refractivity contribution in [2.45, 2.75) is 25.1 Å². The van der Waals surface area contributed by atoms with Crippen molar-refractivity contribution in [3.63, 3.8) is 0 Å². The Balaban J connectivity index is 2.59. The summed E-state index contributed by atoms with van der Waals surface area (Å²) in [6, 6.07) is 7.12. The van der Waals surface area contributed by atoms with Gasteiger partial charge in [-0.25, -0.2) is 0 Å². The molecule has 20 heavy (non-hydrogen) atoms. The molecule has 0 aliphatic heterocycles. The van der Waals surface area contributed by atoms with E-state index in [1.807, 2.05) is 32.2 Å². The number of thioether (sulfide) groups is 1. The Morgan fingerprint density at radius 3 is 2.40 bits per heavy atom. The second kappa shape index (κ2) is 7.79. The van der Waals surface area contributed by atoms with E-state index in [1.54, 1.807) is 12.1 Å². The van der Waals surface area contributed by atoms with E-state index in [9.17, 15) is 9.59 Å². The Kier molecular flexibility index (Phi) is 6.38. The maximum absolute atomic E-state index is 11.8. The van der Waals surface area contributed by atoms with Gasteiger partial charge in [0.05, 0.1) is 11.3 Å². The molecule has 0 aliphatic carbocycles. The van der Waals surface area contributed by atoms with Crippen molar-refractivity contribution in [3.05, 3.63) is 29.8 Å². The van der Waals surface area contributed by atoms with Crippen molar-refractivity contribution in [1.29, 1.82) is 0 Å². The number of nitrogens with one attached hydrogen (secondary N) is 1. The van der Waals surface area contributed by atoms with Gasteiger partial charge in [-0.3, -0.25) is 9.59 Å². The number of rotatable bonds is 7. The van der Waals surface area contributed by atoms with Crippen LogP contribution in [-0.4, -0.2) is 29.9 Å². The zero-order valence-corrected chi connectivity index (χ0v) is 12.7. The van der Waals surface area contributed by atoms with E-state index in [1.165, 1.54) is 11.8 Å². The number of primary amides is 1. The number of amides is 2. The zero-order valence-electron chi connectivity index (χ0n) is 11.9. The summed E-state index contributed by atoms with van der Waals surface area (Å²) in [5.41, 5.74) is 5.97. The van der Waals surface area contributed by atoms with Gasteiger partial charge in [-0.1, -0.05) is 12.1 Å². The average molecular weight is 296 g/mol. The maximum atomic E-state index is 11.8. The van der Waals surface area contributed by atoms with Crippen molar-refractivity contribution >= 4 is 23.6 Å². The maximum Gasteiger partial charge on any atom is 0.255 e. The smallest absolute Gasteiger partial charge is 0.255 e. The molecule has 110 valence electrons. The van der Waals surface area contributed by atoms with Gasteiger partial charge < -0.3 is 15.8 Å². The van der Waals surface area contributed by atoms with Gasteiger partial charge in [0, 0.05) is 0 Å². The number of carbonyl (C=O) groups excluding carboxylic acids is 2. The Hall–Kier alpha value is -1.69. The van der Waals surface area contributed by atoms with Crippen molar-refractivity contribution in [1.82, 2.24) is 5.32 Å². The highest BCUT2D eigenvalue weighted by Gasteiger charge is 2.14. The minimum Gasteiger partial charge on any atom is -0.484 e. The number of ether oxygens (including phenoxy) is 1. The standard InChI is InChI=1S/C14H20N2O3S/c1-9(16-14(18)10(2)20-3)11-4-6-12(7-5-11)19-8-13(15)17/h4-7,9-10H,8H2,1-3H3,(H2,15,17)(H,16,18)/t9-,10+/m1/s1. The minimum absolute atomic E-state index is 0.0130.